The van der Waals surface area contributed by atoms with Crippen LogP contribution >= 0.6 is 11.6 Å². The van der Waals surface area contributed by atoms with Crippen LogP contribution in [-0.4, -0.2) is 32.9 Å². The Morgan fingerprint density at radius 3 is 2.89 bits per heavy atom. The van der Waals surface area contributed by atoms with Gasteiger partial charge in [0.15, 0.2) is 5.15 Å². The molecule has 2 rings (SSSR count). The van der Waals surface area contributed by atoms with Crippen LogP contribution in [0.4, 0.5) is 5.69 Å². The molecule has 1 aromatic heterocycles. The number of amides is 1. The standard InChI is InChI=1S/C11H15ClN4O2/c1-2-16(7-3-4-7)8(17)5-15-6-14-10(12)9(13)11(15)18/h6-7H,2-5,13H2,1H3. The van der Waals surface area contributed by atoms with Crippen molar-refractivity contribution in [2.45, 2.75) is 32.4 Å². The minimum atomic E-state index is -0.477. The zero-order valence-electron chi connectivity index (χ0n) is 10.1. The summed E-state index contributed by atoms with van der Waals surface area (Å²) < 4.78 is 1.19. The number of carbonyl (C=O) groups excluding carboxylic acids is 1. The fourth-order valence-corrected chi connectivity index (χ4v) is 1.98. The molecule has 1 aliphatic carbocycles. The molecule has 0 saturated heterocycles. The van der Waals surface area contributed by atoms with E-state index in [0.717, 1.165) is 12.8 Å². The van der Waals surface area contributed by atoms with E-state index in [1.54, 1.807) is 4.90 Å². The number of nitrogen functional groups attached to an aromatic ring is 1. The molecule has 18 heavy (non-hydrogen) atoms. The number of nitrogens with two attached hydrogens (primary N) is 1. The topological polar surface area (TPSA) is 81.2 Å². The summed E-state index contributed by atoms with van der Waals surface area (Å²) in [5.74, 6) is -0.0920. The lowest BCUT2D eigenvalue weighted by molar-refractivity contribution is -0.132. The van der Waals surface area contributed by atoms with Crippen LogP contribution in [0.5, 0.6) is 0 Å². The molecule has 0 spiro atoms. The molecule has 0 aromatic carbocycles. The number of hydrogen-bond donors (Lipinski definition) is 1. The first kappa shape index (κ1) is 12.9. The Balaban J connectivity index is 2.16. The van der Waals surface area contributed by atoms with Crippen molar-refractivity contribution in [3.05, 3.63) is 21.8 Å². The third-order valence-electron chi connectivity index (χ3n) is 2.98. The number of rotatable bonds is 4. The molecule has 0 radical (unpaired) electrons. The van der Waals surface area contributed by atoms with E-state index in [2.05, 4.69) is 4.98 Å². The van der Waals surface area contributed by atoms with E-state index in [1.165, 1.54) is 10.9 Å². The highest BCUT2D eigenvalue weighted by molar-refractivity contribution is 6.31. The number of nitrogens with zero attached hydrogens (tertiary/aromatic N) is 3. The lowest BCUT2D eigenvalue weighted by atomic mass is 10.4. The number of likely N-dealkylation sites (N-methyl/N-ethyl adjacent to an activating group) is 1. The average molecular weight is 271 g/mol. The van der Waals surface area contributed by atoms with Crippen molar-refractivity contribution in [1.29, 1.82) is 0 Å². The maximum atomic E-state index is 12.0. The SMILES string of the molecule is CCN(C(=O)Cn1cnc(Cl)c(N)c1=O)C1CC1. The van der Waals surface area contributed by atoms with Gasteiger partial charge >= 0.3 is 0 Å². The van der Waals surface area contributed by atoms with Gasteiger partial charge in [-0.05, 0) is 19.8 Å². The van der Waals surface area contributed by atoms with Crippen molar-refractivity contribution in [2.24, 2.45) is 0 Å². The molecule has 6 nitrogen and oxygen atoms in total. The van der Waals surface area contributed by atoms with Crippen molar-refractivity contribution >= 4 is 23.2 Å². The summed E-state index contributed by atoms with van der Waals surface area (Å²) in [6, 6.07) is 0.329. The van der Waals surface area contributed by atoms with Crippen LogP contribution in [0.2, 0.25) is 5.15 Å². The van der Waals surface area contributed by atoms with Gasteiger partial charge in [-0.25, -0.2) is 4.98 Å². The lowest BCUT2D eigenvalue weighted by Crippen LogP contribution is -2.38. The second kappa shape index (κ2) is 4.97. The maximum absolute atomic E-state index is 12.0. The van der Waals surface area contributed by atoms with Crippen molar-refractivity contribution in [3.8, 4) is 0 Å². The van der Waals surface area contributed by atoms with Gasteiger partial charge in [-0.3, -0.25) is 14.2 Å². The zero-order chi connectivity index (χ0) is 13.3. The summed E-state index contributed by atoms with van der Waals surface area (Å²) in [7, 11) is 0. The van der Waals surface area contributed by atoms with Gasteiger partial charge in [0.05, 0.1) is 6.33 Å². The van der Waals surface area contributed by atoms with Crippen LogP contribution in [0.25, 0.3) is 0 Å². The summed E-state index contributed by atoms with van der Waals surface area (Å²) in [6.07, 6.45) is 3.32. The lowest BCUT2D eigenvalue weighted by Gasteiger charge is -2.20. The van der Waals surface area contributed by atoms with Gasteiger partial charge in [-0.15, -0.1) is 0 Å². The van der Waals surface area contributed by atoms with Gasteiger partial charge in [-0.2, -0.15) is 0 Å². The van der Waals surface area contributed by atoms with E-state index < -0.39 is 5.56 Å². The van der Waals surface area contributed by atoms with Crippen molar-refractivity contribution < 1.29 is 4.79 Å². The number of carbonyl (C=O) groups is 1. The fourth-order valence-electron chi connectivity index (χ4n) is 1.86. The first-order chi connectivity index (χ1) is 8.54. The Morgan fingerprint density at radius 1 is 1.67 bits per heavy atom. The quantitative estimate of drug-likeness (QED) is 0.808. The average Bonchev–Trinajstić information content (AvgIpc) is 3.15. The normalized spacial score (nSPS) is 14.6. The molecule has 2 N–H and O–H groups in total. The van der Waals surface area contributed by atoms with Crippen LogP contribution in [0, 0.1) is 0 Å². The first-order valence-electron chi connectivity index (χ1n) is 5.84. The molecule has 1 aliphatic rings. The highest BCUT2D eigenvalue weighted by Gasteiger charge is 2.31. The van der Waals surface area contributed by atoms with E-state index in [1.807, 2.05) is 6.92 Å². The molecule has 0 unspecified atom stereocenters. The molecular formula is C11H15ClN4O2. The van der Waals surface area contributed by atoms with E-state index >= 15 is 0 Å². The predicted octanol–water partition coefficient (Wildman–Crippen LogP) is 0.490. The van der Waals surface area contributed by atoms with E-state index in [-0.39, 0.29) is 23.3 Å². The fraction of sp³-hybridized carbons (Fsp3) is 0.545. The number of anilines is 1. The van der Waals surface area contributed by atoms with Gasteiger partial charge in [-0.1, -0.05) is 11.6 Å². The molecular weight excluding hydrogens is 256 g/mol. The Morgan fingerprint density at radius 2 is 2.33 bits per heavy atom. The Hall–Kier alpha value is -1.56. The minimum Gasteiger partial charge on any atom is -0.392 e. The highest BCUT2D eigenvalue weighted by atomic mass is 35.5. The smallest absolute Gasteiger partial charge is 0.278 e. The summed E-state index contributed by atoms with van der Waals surface area (Å²) in [5.41, 5.74) is 4.89. The van der Waals surface area contributed by atoms with E-state index in [0.29, 0.717) is 12.6 Å². The molecule has 0 aliphatic heterocycles. The van der Waals surface area contributed by atoms with Crippen LogP contribution in [0.3, 0.4) is 0 Å². The zero-order valence-corrected chi connectivity index (χ0v) is 10.9. The van der Waals surface area contributed by atoms with E-state index in [4.69, 9.17) is 17.3 Å². The molecule has 1 amide bonds. The van der Waals surface area contributed by atoms with Crippen LogP contribution < -0.4 is 11.3 Å². The van der Waals surface area contributed by atoms with Gasteiger partial charge < -0.3 is 10.6 Å². The second-order valence-electron chi connectivity index (χ2n) is 4.29. The van der Waals surface area contributed by atoms with Crippen molar-refractivity contribution in [2.75, 3.05) is 12.3 Å². The predicted molar refractivity (Wildman–Crippen MR) is 68.3 cm³/mol. The summed E-state index contributed by atoms with van der Waals surface area (Å²) in [4.78, 5) is 29.3. The Kier molecular flexibility index (Phi) is 3.56. The largest absolute Gasteiger partial charge is 0.392 e. The maximum Gasteiger partial charge on any atom is 0.278 e. The molecule has 1 fully saturated rings. The second-order valence-corrected chi connectivity index (χ2v) is 4.65. The van der Waals surface area contributed by atoms with Crippen LogP contribution in [0.15, 0.2) is 11.1 Å². The number of aromatic nitrogens is 2. The third-order valence-corrected chi connectivity index (χ3v) is 3.28. The van der Waals surface area contributed by atoms with Crippen molar-refractivity contribution in [1.82, 2.24) is 14.5 Å². The summed E-state index contributed by atoms with van der Waals surface area (Å²) in [5, 5.41) is -0.0294. The Bertz CT molecular complexity index is 524. The molecule has 1 saturated carbocycles. The van der Waals surface area contributed by atoms with Gasteiger partial charge in [0.1, 0.15) is 12.2 Å². The Labute approximate surface area is 109 Å². The number of hydrogen-bond acceptors (Lipinski definition) is 4. The molecule has 1 heterocycles. The molecule has 0 bridgehead atoms. The van der Waals surface area contributed by atoms with Crippen molar-refractivity contribution in [3.63, 3.8) is 0 Å². The third kappa shape index (κ3) is 2.48. The number of halogens is 1. The van der Waals surface area contributed by atoms with Crippen LogP contribution in [0.1, 0.15) is 19.8 Å². The van der Waals surface area contributed by atoms with Gasteiger partial charge in [0, 0.05) is 12.6 Å². The summed E-state index contributed by atoms with van der Waals surface area (Å²) >= 11 is 5.63. The molecule has 7 heteroatoms. The molecule has 1 aromatic rings. The van der Waals surface area contributed by atoms with Gasteiger partial charge in [0.25, 0.3) is 5.56 Å². The molecule has 98 valence electrons. The van der Waals surface area contributed by atoms with Gasteiger partial charge in [0.2, 0.25) is 5.91 Å². The monoisotopic (exact) mass is 270 g/mol. The van der Waals surface area contributed by atoms with E-state index in [9.17, 15) is 9.59 Å². The first-order valence-corrected chi connectivity index (χ1v) is 6.22. The van der Waals surface area contributed by atoms with Crippen LogP contribution in [-0.2, 0) is 11.3 Å². The minimum absolute atomic E-state index is 0.0294. The summed E-state index contributed by atoms with van der Waals surface area (Å²) in [6.45, 7) is 2.53. The molecule has 0 atom stereocenters. The highest BCUT2D eigenvalue weighted by Crippen LogP contribution is 2.26.